The molecule has 0 saturated carbocycles. The SMILES string of the molecule is Cc1ncc(-c2cc3ccccc3o2)cn1. The van der Waals surface area contributed by atoms with Crippen molar-refractivity contribution in [1.82, 2.24) is 9.97 Å². The number of hydrogen-bond donors (Lipinski definition) is 0. The van der Waals surface area contributed by atoms with E-state index < -0.39 is 0 Å². The average Bonchev–Trinajstić information content (AvgIpc) is 2.73. The number of rotatable bonds is 1. The van der Waals surface area contributed by atoms with Gasteiger partial charge in [0.1, 0.15) is 17.2 Å². The first-order valence-electron chi connectivity index (χ1n) is 5.10. The molecule has 0 spiro atoms. The van der Waals surface area contributed by atoms with Crippen LogP contribution in [0.3, 0.4) is 0 Å². The maximum absolute atomic E-state index is 5.71. The maximum atomic E-state index is 5.71. The van der Waals surface area contributed by atoms with Crippen LogP contribution >= 0.6 is 0 Å². The number of hydrogen-bond acceptors (Lipinski definition) is 3. The molecule has 3 rings (SSSR count). The second-order valence-corrected chi connectivity index (χ2v) is 3.67. The van der Waals surface area contributed by atoms with E-state index >= 15 is 0 Å². The molecule has 2 aromatic heterocycles. The molecule has 2 heterocycles. The molecule has 3 heteroatoms. The number of benzene rings is 1. The van der Waals surface area contributed by atoms with Crippen LogP contribution in [0.15, 0.2) is 47.1 Å². The number of furan rings is 1. The van der Waals surface area contributed by atoms with Crippen molar-refractivity contribution in [2.45, 2.75) is 6.92 Å². The van der Waals surface area contributed by atoms with Gasteiger partial charge in [0.05, 0.1) is 5.56 Å². The quantitative estimate of drug-likeness (QED) is 0.619. The van der Waals surface area contributed by atoms with Crippen LogP contribution in [-0.2, 0) is 0 Å². The van der Waals surface area contributed by atoms with E-state index in [2.05, 4.69) is 9.97 Å². The van der Waals surface area contributed by atoms with Crippen molar-refractivity contribution >= 4 is 11.0 Å². The zero-order valence-electron chi connectivity index (χ0n) is 8.84. The van der Waals surface area contributed by atoms with Gasteiger partial charge >= 0.3 is 0 Å². The minimum Gasteiger partial charge on any atom is -0.456 e. The van der Waals surface area contributed by atoms with Crippen LogP contribution in [0.4, 0.5) is 0 Å². The first-order chi connectivity index (χ1) is 7.83. The van der Waals surface area contributed by atoms with Crippen LogP contribution in [0, 0.1) is 6.92 Å². The fraction of sp³-hybridized carbons (Fsp3) is 0.0769. The van der Waals surface area contributed by atoms with Gasteiger partial charge in [0.15, 0.2) is 0 Å². The van der Waals surface area contributed by atoms with Crippen molar-refractivity contribution in [3.05, 3.63) is 48.5 Å². The molecule has 1 aromatic carbocycles. The highest BCUT2D eigenvalue weighted by molar-refractivity contribution is 5.82. The van der Waals surface area contributed by atoms with E-state index in [1.807, 2.05) is 37.3 Å². The zero-order valence-corrected chi connectivity index (χ0v) is 8.84. The van der Waals surface area contributed by atoms with Crippen molar-refractivity contribution in [2.24, 2.45) is 0 Å². The lowest BCUT2D eigenvalue weighted by Gasteiger charge is -1.94. The van der Waals surface area contributed by atoms with Crippen molar-refractivity contribution in [3.8, 4) is 11.3 Å². The molecule has 0 aliphatic heterocycles. The Morgan fingerprint density at radius 3 is 2.56 bits per heavy atom. The van der Waals surface area contributed by atoms with Crippen molar-refractivity contribution < 1.29 is 4.42 Å². The number of fused-ring (bicyclic) bond motifs is 1. The van der Waals surface area contributed by atoms with Gasteiger partial charge in [0.25, 0.3) is 0 Å². The normalized spacial score (nSPS) is 10.8. The molecule has 0 fully saturated rings. The molecular weight excluding hydrogens is 200 g/mol. The summed E-state index contributed by atoms with van der Waals surface area (Å²) in [4.78, 5) is 8.31. The molecule has 0 N–H and O–H groups in total. The summed E-state index contributed by atoms with van der Waals surface area (Å²) in [7, 11) is 0. The van der Waals surface area contributed by atoms with Gasteiger partial charge in [-0.1, -0.05) is 18.2 Å². The van der Waals surface area contributed by atoms with Crippen LogP contribution < -0.4 is 0 Å². The molecule has 0 unspecified atom stereocenters. The molecule has 0 bridgehead atoms. The summed E-state index contributed by atoms with van der Waals surface area (Å²) in [5.41, 5.74) is 1.79. The first-order valence-corrected chi connectivity index (χ1v) is 5.10. The zero-order chi connectivity index (χ0) is 11.0. The third kappa shape index (κ3) is 1.46. The fourth-order valence-electron chi connectivity index (χ4n) is 1.64. The minimum atomic E-state index is 0.764. The summed E-state index contributed by atoms with van der Waals surface area (Å²) >= 11 is 0. The summed E-state index contributed by atoms with van der Waals surface area (Å²) < 4.78 is 5.71. The van der Waals surface area contributed by atoms with Crippen LogP contribution in [0.5, 0.6) is 0 Å². The molecule has 0 atom stereocenters. The van der Waals surface area contributed by atoms with Crippen LogP contribution in [-0.4, -0.2) is 9.97 Å². The number of nitrogens with zero attached hydrogens (tertiary/aromatic N) is 2. The van der Waals surface area contributed by atoms with Crippen molar-refractivity contribution in [2.75, 3.05) is 0 Å². The topological polar surface area (TPSA) is 38.9 Å². The summed E-state index contributed by atoms with van der Waals surface area (Å²) in [6.45, 7) is 1.86. The lowest BCUT2D eigenvalue weighted by atomic mass is 10.2. The van der Waals surface area contributed by atoms with E-state index in [9.17, 15) is 0 Å². The van der Waals surface area contributed by atoms with E-state index in [1.165, 1.54) is 0 Å². The molecule has 0 saturated heterocycles. The van der Waals surface area contributed by atoms with Gasteiger partial charge in [-0.3, -0.25) is 0 Å². The minimum absolute atomic E-state index is 0.764. The average molecular weight is 210 g/mol. The molecule has 3 aromatic rings. The Kier molecular flexibility index (Phi) is 1.96. The standard InChI is InChI=1S/C13H10N2O/c1-9-14-7-11(8-15-9)13-6-10-4-2-3-5-12(10)16-13/h2-8H,1H3. The van der Waals surface area contributed by atoms with Gasteiger partial charge in [-0.25, -0.2) is 9.97 Å². The smallest absolute Gasteiger partial charge is 0.138 e. The molecule has 0 aliphatic carbocycles. The first kappa shape index (κ1) is 9.09. The predicted octanol–water partition coefficient (Wildman–Crippen LogP) is 3.20. The third-order valence-electron chi connectivity index (χ3n) is 2.49. The Labute approximate surface area is 92.8 Å². The molecule has 0 aliphatic rings. The number of aromatic nitrogens is 2. The highest BCUT2D eigenvalue weighted by Crippen LogP contribution is 2.26. The molecule has 0 amide bonds. The van der Waals surface area contributed by atoms with E-state index in [1.54, 1.807) is 12.4 Å². The third-order valence-corrected chi connectivity index (χ3v) is 2.49. The lowest BCUT2D eigenvalue weighted by Crippen LogP contribution is -1.85. The highest BCUT2D eigenvalue weighted by atomic mass is 16.3. The summed E-state index contributed by atoms with van der Waals surface area (Å²) in [6, 6.07) is 9.93. The predicted molar refractivity (Wildman–Crippen MR) is 62.0 cm³/mol. The van der Waals surface area contributed by atoms with Crippen molar-refractivity contribution in [1.29, 1.82) is 0 Å². The molecule has 0 radical (unpaired) electrons. The molecule has 78 valence electrons. The second-order valence-electron chi connectivity index (χ2n) is 3.67. The Bertz CT molecular complexity index is 593. The van der Waals surface area contributed by atoms with Gasteiger partial charge in [0, 0.05) is 17.8 Å². The molecule has 16 heavy (non-hydrogen) atoms. The van der Waals surface area contributed by atoms with Crippen molar-refractivity contribution in [3.63, 3.8) is 0 Å². The maximum Gasteiger partial charge on any atom is 0.138 e. The van der Waals surface area contributed by atoms with Crippen LogP contribution in [0.1, 0.15) is 5.82 Å². The van der Waals surface area contributed by atoms with E-state index in [0.717, 1.165) is 28.1 Å². The van der Waals surface area contributed by atoms with Gasteiger partial charge in [-0.15, -0.1) is 0 Å². The Hall–Kier alpha value is -2.16. The summed E-state index contributed by atoms with van der Waals surface area (Å²) in [5, 5.41) is 1.10. The molecule has 3 nitrogen and oxygen atoms in total. The van der Waals surface area contributed by atoms with Gasteiger partial charge in [-0.2, -0.15) is 0 Å². The monoisotopic (exact) mass is 210 g/mol. The highest BCUT2D eigenvalue weighted by Gasteiger charge is 2.05. The fourth-order valence-corrected chi connectivity index (χ4v) is 1.64. The molecular formula is C13H10N2O. The van der Waals surface area contributed by atoms with Gasteiger partial charge in [0.2, 0.25) is 0 Å². The number of para-hydroxylation sites is 1. The summed E-state index contributed by atoms with van der Waals surface area (Å²) in [5.74, 6) is 1.57. The van der Waals surface area contributed by atoms with E-state index in [0.29, 0.717) is 0 Å². The van der Waals surface area contributed by atoms with Crippen LogP contribution in [0.2, 0.25) is 0 Å². The lowest BCUT2D eigenvalue weighted by molar-refractivity contribution is 0.630. The Morgan fingerprint density at radius 1 is 1.06 bits per heavy atom. The largest absolute Gasteiger partial charge is 0.456 e. The second kappa shape index (κ2) is 3.45. The van der Waals surface area contributed by atoms with E-state index in [4.69, 9.17) is 4.42 Å². The Morgan fingerprint density at radius 2 is 1.81 bits per heavy atom. The number of aryl methyl sites for hydroxylation is 1. The van der Waals surface area contributed by atoms with E-state index in [-0.39, 0.29) is 0 Å². The van der Waals surface area contributed by atoms with Crippen LogP contribution in [0.25, 0.3) is 22.3 Å². The summed E-state index contributed by atoms with van der Waals surface area (Å²) in [6.07, 6.45) is 3.56. The van der Waals surface area contributed by atoms with Gasteiger partial charge in [-0.05, 0) is 19.1 Å². The van der Waals surface area contributed by atoms with Gasteiger partial charge < -0.3 is 4.42 Å². The Balaban J connectivity index is 2.15.